The number of hydrazone groups is 1. The highest BCUT2D eigenvalue weighted by molar-refractivity contribution is 9.10. The normalized spacial score (nSPS) is 12.2. The van der Waals surface area contributed by atoms with E-state index in [0.29, 0.717) is 16.3 Å². The lowest BCUT2D eigenvalue weighted by Crippen LogP contribution is -2.33. The molecular weight excluding hydrogens is 396 g/mol. The molecule has 0 aromatic heterocycles. The van der Waals surface area contributed by atoms with Crippen LogP contribution in [-0.4, -0.2) is 23.3 Å². The number of rotatable bonds is 5. The van der Waals surface area contributed by atoms with Gasteiger partial charge in [-0.25, -0.2) is 5.43 Å². The quantitative estimate of drug-likeness (QED) is 0.576. The Morgan fingerprint density at radius 2 is 2.12 bits per heavy atom. The first kappa shape index (κ1) is 18.3. The number of carbonyl (C=O) groups is 1. The smallest absolute Gasteiger partial charge is 0.280 e. The lowest BCUT2D eigenvalue weighted by molar-refractivity contribution is -0.127. The van der Waals surface area contributed by atoms with Crippen molar-refractivity contribution < 1.29 is 14.6 Å². The van der Waals surface area contributed by atoms with E-state index in [1.807, 2.05) is 6.92 Å². The average molecular weight is 412 g/mol. The van der Waals surface area contributed by atoms with Gasteiger partial charge in [-0.05, 0) is 55.8 Å². The molecule has 7 heteroatoms. The molecule has 2 N–H and O–H groups in total. The molecule has 2 rings (SSSR count). The number of nitrogens with one attached hydrogen (secondary N) is 1. The Bertz CT molecular complexity index is 780. The van der Waals surface area contributed by atoms with Crippen LogP contribution in [0.5, 0.6) is 11.5 Å². The van der Waals surface area contributed by atoms with E-state index in [1.165, 1.54) is 12.3 Å². The molecule has 0 spiro atoms. The summed E-state index contributed by atoms with van der Waals surface area (Å²) in [7, 11) is 0. The molecule has 0 saturated carbocycles. The van der Waals surface area contributed by atoms with Gasteiger partial charge in [0.15, 0.2) is 6.10 Å². The van der Waals surface area contributed by atoms with Crippen LogP contribution in [0.25, 0.3) is 0 Å². The number of carbonyl (C=O) groups excluding carboxylic acids is 1. The van der Waals surface area contributed by atoms with Gasteiger partial charge in [0.05, 0.1) is 6.21 Å². The van der Waals surface area contributed by atoms with Gasteiger partial charge in [0, 0.05) is 15.1 Å². The van der Waals surface area contributed by atoms with Gasteiger partial charge in [-0.15, -0.1) is 0 Å². The standard InChI is InChI=1S/C17H16BrClN2O3/c1-10-7-14(19)4-6-16(10)24-11(2)17(23)21-20-9-12-8-13(18)3-5-15(12)22/h3-9,11,22H,1-2H3,(H,21,23). The van der Waals surface area contributed by atoms with Gasteiger partial charge in [0.1, 0.15) is 11.5 Å². The molecule has 0 radical (unpaired) electrons. The van der Waals surface area contributed by atoms with Crippen molar-refractivity contribution in [3.63, 3.8) is 0 Å². The minimum absolute atomic E-state index is 0.0669. The van der Waals surface area contributed by atoms with Crippen LogP contribution in [0.3, 0.4) is 0 Å². The molecule has 0 fully saturated rings. The zero-order valence-electron chi connectivity index (χ0n) is 13.1. The maximum Gasteiger partial charge on any atom is 0.280 e. The largest absolute Gasteiger partial charge is 0.507 e. The molecule has 24 heavy (non-hydrogen) atoms. The molecule has 0 heterocycles. The van der Waals surface area contributed by atoms with Crippen LogP contribution in [0.4, 0.5) is 0 Å². The maximum absolute atomic E-state index is 12.0. The number of hydrogen-bond donors (Lipinski definition) is 2. The van der Waals surface area contributed by atoms with Crippen LogP contribution in [0.15, 0.2) is 46.0 Å². The Hall–Kier alpha value is -2.05. The molecule has 0 bridgehead atoms. The average Bonchev–Trinajstić information content (AvgIpc) is 2.53. The van der Waals surface area contributed by atoms with Crippen LogP contribution in [-0.2, 0) is 4.79 Å². The number of amides is 1. The molecule has 126 valence electrons. The van der Waals surface area contributed by atoms with Crippen LogP contribution in [0, 0.1) is 6.92 Å². The second-order valence-corrected chi connectivity index (χ2v) is 6.46. The molecule has 1 unspecified atom stereocenters. The zero-order valence-corrected chi connectivity index (χ0v) is 15.4. The SMILES string of the molecule is Cc1cc(Cl)ccc1OC(C)C(=O)NN=Cc1cc(Br)ccc1O. The molecule has 1 atom stereocenters. The van der Waals surface area contributed by atoms with E-state index in [4.69, 9.17) is 16.3 Å². The number of aromatic hydroxyl groups is 1. The third-order valence-electron chi connectivity index (χ3n) is 3.18. The fourth-order valence-electron chi connectivity index (χ4n) is 1.87. The van der Waals surface area contributed by atoms with Crippen molar-refractivity contribution in [3.8, 4) is 11.5 Å². The summed E-state index contributed by atoms with van der Waals surface area (Å²) in [5.41, 5.74) is 3.70. The highest BCUT2D eigenvalue weighted by atomic mass is 79.9. The Morgan fingerprint density at radius 1 is 1.38 bits per heavy atom. The van der Waals surface area contributed by atoms with E-state index >= 15 is 0 Å². The topological polar surface area (TPSA) is 70.9 Å². The van der Waals surface area contributed by atoms with E-state index in [1.54, 1.807) is 37.3 Å². The van der Waals surface area contributed by atoms with Gasteiger partial charge in [-0.2, -0.15) is 5.10 Å². The fourth-order valence-corrected chi connectivity index (χ4v) is 2.48. The first-order valence-corrected chi connectivity index (χ1v) is 8.28. The molecule has 0 saturated heterocycles. The first-order chi connectivity index (χ1) is 11.4. The number of benzene rings is 2. The van der Waals surface area contributed by atoms with Crippen molar-refractivity contribution >= 4 is 39.7 Å². The lowest BCUT2D eigenvalue weighted by atomic mass is 10.2. The van der Waals surface area contributed by atoms with Crippen LogP contribution in [0.2, 0.25) is 5.02 Å². The van der Waals surface area contributed by atoms with Gasteiger partial charge in [-0.3, -0.25) is 4.79 Å². The molecule has 2 aromatic rings. The van der Waals surface area contributed by atoms with Crippen molar-refractivity contribution in [3.05, 3.63) is 57.0 Å². The van der Waals surface area contributed by atoms with Crippen molar-refractivity contribution in [2.24, 2.45) is 5.10 Å². The fraction of sp³-hybridized carbons (Fsp3) is 0.176. The maximum atomic E-state index is 12.0. The highest BCUT2D eigenvalue weighted by Gasteiger charge is 2.15. The molecule has 1 amide bonds. The summed E-state index contributed by atoms with van der Waals surface area (Å²) in [6, 6.07) is 10.1. The summed E-state index contributed by atoms with van der Waals surface area (Å²) < 4.78 is 6.40. The van der Waals surface area contributed by atoms with E-state index in [-0.39, 0.29) is 5.75 Å². The summed E-state index contributed by atoms with van der Waals surface area (Å²) in [6.45, 7) is 3.47. The van der Waals surface area contributed by atoms with Gasteiger partial charge in [0.25, 0.3) is 5.91 Å². The number of phenols is 1. The summed E-state index contributed by atoms with van der Waals surface area (Å²) in [5, 5.41) is 14.1. The van der Waals surface area contributed by atoms with Crippen molar-refractivity contribution in [1.82, 2.24) is 5.43 Å². The summed E-state index contributed by atoms with van der Waals surface area (Å²) >= 11 is 9.19. The van der Waals surface area contributed by atoms with Gasteiger partial charge < -0.3 is 9.84 Å². The molecule has 2 aromatic carbocycles. The van der Waals surface area contributed by atoms with Gasteiger partial charge >= 0.3 is 0 Å². The molecule has 0 aliphatic carbocycles. The second-order valence-electron chi connectivity index (χ2n) is 5.11. The Morgan fingerprint density at radius 3 is 2.83 bits per heavy atom. The first-order valence-electron chi connectivity index (χ1n) is 7.11. The number of ether oxygens (including phenoxy) is 1. The highest BCUT2D eigenvalue weighted by Crippen LogP contribution is 2.23. The minimum Gasteiger partial charge on any atom is -0.507 e. The predicted octanol–water partition coefficient (Wildman–Crippen LogP) is 4.03. The lowest BCUT2D eigenvalue weighted by Gasteiger charge is -2.14. The van der Waals surface area contributed by atoms with E-state index in [0.717, 1.165) is 10.0 Å². The predicted molar refractivity (Wildman–Crippen MR) is 97.8 cm³/mol. The number of halogens is 2. The summed E-state index contributed by atoms with van der Waals surface area (Å²) in [4.78, 5) is 12.0. The van der Waals surface area contributed by atoms with E-state index in [2.05, 4.69) is 26.5 Å². The van der Waals surface area contributed by atoms with Gasteiger partial charge in [0.2, 0.25) is 0 Å². The van der Waals surface area contributed by atoms with E-state index < -0.39 is 12.0 Å². The minimum atomic E-state index is -0.738. The van der Waals surface area contributed by atoms with Crippen molar-refractivity contribution in [1.29, 1.82) is 0 Å². The van der Waals surface area contributed by atoms with Crippen LogP contribution < -0.4 is 10.2 Å². The number of phenolic OH excluding ortho intramolecular Hbond substituents is 1. The molecule has 5 nitrogen and oxygen atoms in total. The summed E-state index contributed by atoms with van der Waals surface area (Å²) in [5.74, 6) is 0.239. The second kappa shape index (κ2) is 8.17. The van der Waals surface area contributed by atoms with Gasteiger partial charge in [-0.1, -0.05) is 27.5 Å². The number of aryl methyl sites for hydroxylation is 1. The molecule has 0 aliphatic heterocycles. The Kier molecular flexibility index (Phi) is 6.23. The Balaban J connectivity index is 1.96. The third kappa shape index (κ3) is 4.97. The number of hydrogen-bond acceptors (Lipinski definition) is 4. The zero-order chi connectivity index (χ0) is 17.7. The van der Waals surface area contributed by atoms with Crippen LogP contribution in [0.1, 0.15) is 18.1 Å². The third-order valence-corrected chi connectivity index (χ3v) is 3.91. The van der Waals surface area contributed by atoms with Crippen LogP contribution >= 0.6 is 27.5 Å². The van der Waals surface area contributed by atoms with Crippen molar-refractivity contribution in [2.45, 2.75) is 20.0 Å². The summed E-state index contributed by atoms with van der Waals surface area (Å²) in [6.07, 6.45) is 0.622. The van der Waals surface area contributed by atoms with E-state index in [9.17, 15) is 9.90 Å². The molecular formula is C17H16BrClN2O3. The number of nitrogens with zero attached hydrogens (tertiary/aromatic N) is 1. The van der Waals surface area contributed by atoms with Crippen molar-refractivity contribution in [2.75, 3.05) is 0 Å². The monoisotopic (exact) mass is 410 g/mol. The molecule has 0 aliphatic rings. The Labute approximate surface area is 153 Å².